The third-order valence-electron chi connectivity index (χ3n) is 3.53. The lowest BCUT2D eigenvalue weighted by Gasteiger charge is -2.07. The zero-order valence-electron chi connectivity index (χ0n) is 13.5. The van der Waals surface area contributed by atoms with E-state index in [2.05, 4.69) is 4.99 Å². The van der Waals surface area contributed by atoms with E-state index in [-0.39, 0.29) is 5.91 Å². The molecule has 1 saturated heterocycles. The molecule has 0 saturated carbocycles. The maximum atomic E-state index is 12.5. The van der Waals surface area contributed by atoms with Crippen molar-refractivity contribution in [1.82, 2.24) is 4.90 Å². The van der Waals surface area contributed by atoms with E-state index < -0.39 is 0 Å². The Morgan fingerprint density at radius 3 is 2.72 bits per heavy atom. The van der Waals surface area contributed by atoms with Gasteiger partial charge in [0, 0.05) is 22.0 Å². The van der Waals surface area contributed by atoms with Gasteiger partial charge in [-0.05, 0) is 60.0 Å². The minimum Gasteiger partial charge on any atom is -0.290 e. The van der Waals surface area contributed by atoms with Crippen LogP contribution in [0.2, 0.25) is 10.0 Å². The minimum atomic E-state index is -0.101. The minimum absolute atomic E-state index is 0.101. The summed E-state index contributed by atoms with van der Waals surface area (Å²) in [5.74, 6) is -0.101. The number of carbonyl (C=O) groups excluding carboxylic acids is 1. The molecule has 25 heavy (non-hydrogen) atoms. The Morgan fingerprint density at radius 1 is 1.20 bits per heavy atom. The Morgan fingerprint density at radius 2 is 2.00 bits per heavy atom. The number of rotatable bonds is 3. The van der Waals surface area contributed by atoms with E-state index in [1.807, 2.05) is 30.5 Å². The van der Waals surface area contributed by atoms with Gasteiger partial charge in [0.2, 0.25) is 0 Å². The molecule has 3 rings (SSSR count). The lowest BCUT2D eigenvalue weighted by atomic mass is 10.2. The summed E-state index contributed by atoms with van der Waals surface area (Å²) in [5, 5.41) is 1.71. The molecule has 2 aromatic rings. The summed E-state index contributed by atoms with van der Waals surface area (Å²) in [6.07, 6.45) is 3.78. The molecule has 0 bridgehead atoms. The highest BCUT2D eigenvalue weighted by Gasteiger charge is 2.30. The molecule has 1 aliphatic heterocycles. The normalized spacial score (nSPS) is 17.8. The fourth-order valence-corrected chi connectivity index (χ4v) is 4.10. The van der Waals surface area contributed by atoms with Gasteiger partial charge in [0.05, 0.1) is 10.6 Å². The van der Waals surface area contributed by atoms with Crippen LogP contribution in [0.5, 0.6) is 0 Å². The first kappa shape index (κ1) is 18.4. The van der Waals surface area contributed by atoms with Gasteiger partial charge in [0.15, 0.2) is 5.17 Å². The van der Waals surface area contributed by atoms with Crippen LogP contribution in [0, 0.1) is 0 Å². The van der Waals surface area contributed by atoms with Crippen molar-refractivity contribution < 1.29 is 4.79 Å². The number of aliphatic imine (C=N–C) groups is 1. The summed E-state index contributed by atoms with van der Waals surface area (Å²) in [4.78, 5) is 20.3. The Bertz CT molecular complexity index is 896. The number of amides is 1. The first-order chi connectivity index (χ1) is 12.0. The van der Waals surface area contributed by atoms with Crippen molar-refractivity contribution in [3.05, 3.63) is 63.0 Å². The van der Waals surface area contributed by atoms with Gasteiger partial charge in [-0.15, -0.1) is 11.8 Å². The van der Waals surface area contributed by atoms with E-state index in [1.165, 1.54) is 11.8 Å². The van der Waals surface area contributed by atoms with Crippen LogP contribution in [0.25, 0.3) is 6.08 Å². The monoisotopic (exact) mass is 408 g/mol. The van der Waals surface area contributed by atoms with Gasteiger partial charge in [-0.2, -0.15) is 0 Å². The number of hydrogen-bond donors (Lipinski definition) is 0. The molecule has 0 radical (unpaired) electrons. The number of likely N-dealkylation sites (N-methyl/N-ethyl adjacent to an activating group) is 1. The molecule has 0 spiro atoms. The SMILES string of the molecule is CSc1cccc(N=C2S/C(=C/c3ccc(Cl)cc3Cl)C(=O)N2C)c1. The molecule has 0 aliphatic carbocycles. The van der Waals surface area contributed by atoms with E-state index >= 15 is 0 Å². The lowest BCUT2D eigenvalue weighted by molar-refractivity contribution is -0.121. The van der Waals surface area contributed by atoms with Crippen molar-refractivity contribution in [2.75, 3.05) is 13.3 Å². The molecular weight excluding hydrogens is 395 g/mol. The second-order valence-corrected chi connectivity index (χ2v) is 7.97. The maximum absolute atomic E-state index is 12.5. The molecule has 1 heterocycles. The Labute approximate surface area is 165 Å². The van der Waals surface area contributed by atoms with Crippen LogP contribution in [-0.2, 0) is 4.79 Å². The van der Waals surface area contributed by atoms with Gasteiger partial charge >= 0.3 is 0 Å². The van der Waals surface area contributed by atoms with Crippen molar-refractivity contribution in [3.8, 4) is 0 Å². The van der Waals surface area contributed by atoms with Crippen LogP contribution >= 0.6 is 46.7 Å². The Balaban J connectivity index is 1.91. The molecular formula is C18H14Cl2N2OS2. The van der Waals surface area contributed by atoms with Crippen LogP contribution in [-0.4, -0.2) is 29.3 Å². The number of nitrogens with zero attached hydrogens (tertiary/aromatic N) is 2. The first-order valence-electron chi connectivity index (χ1n) is 7.33. The molecule has 7 heteroatoms. The van der Waals surface area contributed by atoms with E-state index in [0.29, 0.717) is 20.1 Å². The quantitative estimate of drug-likeness (QED) is 0.464. The second kappa shape index (κ2) is 7.87. The average Bonchev–Trinajstić information content (AvgIpc) is 2.85. The molecule has 1 fully saturated rings. The molecule has 2 aromatic carbocycles. The zero-order valence-corrected chi connectivity index (χ0v) is 16.6. The highest BCUT2D eigenvalue weighted by atomic mass is 35.5. The highest BCUT2D eigenvalue weighted by Crippen LogP contribution is 2.35. The van der Waals surface area contributed by atoms with Crippen molar-refractivity contribution in [3.63, 3.8) is 0 Å². The van der Waals surface area contributed by atoms with Crippen LogP contribution < -0.4 is 0 Å². The van der Waals surface area contributed by atoms with Crippen molar-refractivity contribution >= 4 is 69.6 Å². The molecule has 3 nitrogen and oxygen atoms in total. The summed E-state index contributed by atoms with van der Waals surface area (Å²) < 4.78 is 0. The Hall–Kier alpha value is -1.40. The van der Waals surface area contributed by atoms with E-state index in [1.54, 1.807) is 48.0 Å². The van der Waals surface area contributed by atoms with E-state index in [4.69, 9.17) is 23.2 Å². The van der Waals surface area contributed by atoms with Gasteiger partial charge in [0.25, 0.3) is 5.91 Å². The fourth-order valence-electron chi connectivity index (χ4n) is 2.20. The summed E-state index contributed by atoms with van der Waals surface area (Å²) in [6, 6.07) is 13.1. The van der Waals surface area contributed by atoms with Crippen LogP contribution in [0.4, 0.5) is 5.69 Å². The number of hydrogen-bond acceptors (Lipinski definition) is 4. The molecule has 0 N–H and O–H groups in total. The third kappa shape index (κ3) is 4.23. The predicted molar refractivity (Wildman–Crippen MR) is 110 cm³/mol. The zero-order chi connectivity index (χ0) is 18.0. The summed E-state index contributed by atoms with van der Waals surface area (Å²) >= 11 is 15.1. The van der Waals surface area contributed by atoms with Gasteiger partial charge < -0.3 is 0 Å². The second-order valence-electron chi connectivity index (χ2n) is 5.24. The van der Waals surface area contributed by atoms with E-state index in [0.717, 1.165) is 16.1 Å². The predicted octanol–water partition coefficient (Wildman–Crippen LogP) is 5.95. The summed E-state index contributed by atoms with van der Waals surface area (Å²) in [7, 11) is 1.72. The van der Waals surface area contributed by atoms with Crippen molar-refractivity contribution in [2.45, 2.75) is 4.90 Å². The number of halogens is 2. The standard InChI is InChI=1S/C18H14Cl2N2OS2/c1-22-17(23)16(8-11-6-7-12(19)9-15(11)20)25-18(22)21-13-4-3-5-14(10-13)24-2/h3-10H,1-2H3/b16-8+,21-18?. The summed E-state index contributed by atoms with van der Waals surface area (Å²) in [6.45, 7) is 0. The average molecular weight is 409 g/mol. The van der Waals surface area contributed by atoms with Gasteiger partial charge in [-0.3, -0.25) is 9.69 Å². The number of benzene rings is 2. The van der Waals surface area contributed by atoms with Crippen molar-refractivity contribution in [1.29, 1.82) is 0 Å². The van der Waals surface area contributed by atoms with Gasteiger partial charge in [0.1, 0.15) is 0 Å². The number of amidine groups is 1. The van der Waals surface area contributed by atoms with Crippen LogP contribution in [0.15, 0.2) is 57.3 Å². The van der Waals surface area contributed by atoms with Gasteiger partial charge in [-0.1, -0.05) is 35.3 Å². The van der Waals surface area contributed by atoms with Gasteiger partial charge in [-0.25, -0.2) is 4.99 Å². The topological polar surface area (TPSA) is 32.7 Å². The molecule has 0 unspecified atom stereocenters. The fraction of sp³-hybridized carbons (Fsp3) is 0.111. The first-order valence-corrected chi connectivity index (χ1v) is 10.1. The number of carbonyl (C=O) groups is 1. The molecule has 128 valence electrons. The van der Waals surface area contributed by atoms with E-state index in [9.17, 15) is 4.79 Å². The molecule has 0 atom stereocenters. The van der Waals surface area contributed by atoms with Crippen LogP contribution in [0.1, 0.15) is 5.56 Å². The highest BCUT2D eigenvalue weighted by molar-refractivity contribution is 8.18. The largest absolute Gasteiger partial charge is 0.290 e. The smallest absolute Gasteiger partial charge is 0.266 e. The number of thioether (sulfide) groups is 2. The Kier molecular flexibility index (Phi) is 5.79. The lowest BCUT2D eigenvalue weighted by Crippen LogP contribution is -2.23. The summed E-state index contributed by atoms with van der Waals surface area (Å²) in [5.41, 5.74) is 1.57. The molecule has 0 aromatic heterocycles. The molecule has 1 amide bonds. The third-order valence-corrected chi connectivity index (χ3v) is 5.88. The molecule has 1 aliphatic rings. The van der Waals surface area contributed by atoms with Crippen molar-refractivity contribution in [2.24, 2.45) is 4.99 Å². The van der Waals surface area contributed by atoms with Crippen LogP contribution in [0.3, 0.4) is 0 Å². The maximum Gasteiger partial charge on any atom is 0.266 e.